The Morgan fingerprint density at radius 3 is 2.67 bits per heavy atom. The molecule has 3 rings (SSSR count). The summed E-state index contributed by atoms with van der Waals surface area (Å²) in [4.78, 5) is 13.5. The Hall–Kier alpha value is -1.57. The van der Waals surface area contributed by atoms with E-state index >= 15 is 0 Å². The Labute approximate surface area is 115 Å². The van der Waals surface area contributed by atoms with Gasteiger partial charge in [0.25, 0.3) is 5.91 Å². The fourth-order valence-corrected chi connectivity index (χ4v) is 3.49. The Morgan fingerprint density at radius 2 is 1.94 bits per heavy atom. The average Bonchev–Trinajstić information content (AvgIpc) is 3.12. The molecule has 0 aliphatic heterocycles. The van der Waals surface area contributed by atoms with Gasteiger partial charge >= 0.3 is 0 Å². The molecule has 3 aromatic heterocycles. The molecule has 18 heavy (non-hydrogen) atoms. The van der Waals surface area contributed by atoms with Crippen molar-refractivity contribution in [2.45, 2.75) is 0 Å². The smallest absolute Gasteiger partial charge is 0.267 e. The highest BCUT2D eigenvalue weighted by molar-refractivity contribution is 7.23. The van der Waals surface area contributed by atoms with Gasteiger partial charge in [0.15, 0.2) is 5.01 Å². The molecule has 1 amide bonds. The number of amides is 1. The van der Waals surface area contributed by atoms with Crippen molar-refractivity contribution in [3.63, 3.8) is 0 Å². The molecule has 90 valence electrons. The molecule has 3 heterocycles. The van der Waals surface area contributed by atoms with Crippen LogP contribution in [0.5, 0.6) is 0 Å². The van der Waals surface area contributed by atoms with E-state index in [1.54, 1.807) is 17.4 Å². The summed E-state index contributed by atoms with van der Waals surface area (Å²) in [5.41, 5.74) is 0. The minimum atomic E-state index is -0.140. The fraction of sp³-hybridized carbons (Fsp3) is 0. The number of aromatic nitrogens is 2. The molecule has 0 saturated heterocycles. The third-order valence-electron chi connectivity index (χ3n) is 2.12. The summed E-state index contributed by atoms with van der Waals surface area (Å²) < 4.78 is 0. The van der Waals surface area contributed by atoms with E-state index < -0.39 is 0 Å². The van der Waals surface area contributed by atoms with Gasteiger partial charge in [0, 0.05) is 0 Å². The van der Waals surface area contributed by atoms with Crippen LogP contribution in [0.4, 0.5) is 5.13 Å². The lowest BCUT2D eigenvalue weighted by Crippen LogP contribution is -2.09. The Balaban J connectivity index is 1.76. The van der Waals surface area contributed by atoms with Crippen LogP contribution in [0.3, 0.4) is 0 Å². The van der Waals surface area contributed by atoms with Crippen LogP contribution in [-0.2, 0) is 0 Å². The topological polar surface area (TPSA) is 54.9 Å². The van der Waals surface area contributed by atoms with Crippen molar-refractivity contribution in [3.05, 3.63) is 39.9 Å². The molecule has 0 spiro atoms. The molecule has 0 atom stereocenters. The molecule has 7 heteroatoms. The van der Waals surface area contributed by atoms with Crippen molar-refractivity contribution in [2.24, 2.45) is 0 Å². The number of nitrogens with zero attached hydrogens (tertiary/aromatic N) is 2. The fourth-order valence-electron chi connectivity index (χ4n) is 1.34. The van der Waals surface area contributed by atoms with Crippen LogP contribution in [-0.4, -0.2) is 16.1 Å². The lowest BCUT2D eigenvalue weighted by molar-refractivity contribution is 0.103. The van der Waals surface area contributed by atoms with Gasteiger partial charge in [-0.2, -0.15) is 0 Å². The summed E-state index contributed by atoms with van der Waals surface area (Å²) in [6.45, 7) is 0. The summed E-state index contributed by atoms with van der Waals surface area (Å²) in [5.74, 6) is -0.140. The number of carbonyl (C=O) groups is 1. The Bertz CT molecular complexity index is 643. The molecule has 0 aliphatic rings. The van der Waals surface area contributed by atoms with Crippen molar-refractivity contribution in [2.75, 3.05) is 5.32 Å². The predicted molar refractivity (Wildman–Crippen MR) is 75.5 cm³/mol. The second-order valence-corrected chi connectivity index (χ2v) is 6.19. The van der Waals surface area contributed by atoms with E-state index in [4.69, 9.17) is 0 Å². The van der Waals surface area contributed by atoms with Gasteiger partial charge in [-0.3, -0.25) is 10.1 Å². The molecule has 0 bridgehead atoms. The minimum absolute atomic E-state index is 0.140. The first-order chi connectivity index (χ1) is 8.83. The third kappa shape index (κ3) is 2.33. The first-order valence-corrected chi connectivity index (χ1v) is 7.63. The normalized spacial score (nSPS) is 10.4. The molecule has 1 N–H and O–H groups in total. The van der Waals surface area contributed by atoms with Crippen molar-refractivity contribution in [1.29, 1.82) is 0 Å². The molecule has 0 aromatic carbocycles. The van der Waals surface area contributed by atoms with E-state index in [1.807, 2.05) is 29.0 Å². The van der Waals surface area contributed by atoms with Crippen molar-refractivity contribution in [1.82, 2.24) is 10.2 Å². The van der Waals surface area contributed by atoms with Crippen molar-refractivity contribution in [3.8, 4) is 9.88 Å². The van der Waals surface area contributed by atoms with Gasteiger partial charge in [0.1, 0.15) is 0 Å². The van der Waals surface area contributed by atoms with Gasteiger partial charge in [0.05, 0.1) is 9.75 Å². The molecule has 4 nitrogen and oxygen atoms in total. The molecule has 0 radical (unpaired) electrons. The second-order valence-electron chi connectivity index (χ2n) is 3.32. The minimum Gasteiger partial charge on any atom is -0.296 e. The van der Waals surface area contributed by atoms with Crippen LogP contribution in [0, 0.1) is 0 Å². The SMILES string of the molecule is O=C(Nc1nnc(-c2cccs2)s1)c1cccs1. The first-order valence-electron chi connectivity index (χ1n) is 5.05. The maximum Gasteiger partial charge on any atom is 0.267 e. The van der Waals surface area contributed by atoms with Gasteiger partial charge in [0.2, 0.25) is 5.13 Å². The van der Waals surface area contributed by atoms with Crippen LogP contribution >= 0.6 is 34.0 Å². The molecular weight excluding hydrogens is 286 g/mol. The number of nitrogens with one attached hydrogen (secondary N) is 1. The molecular formula is C11H7N3OS3. The first kappa shape index (κ1) is 11.5. The van der Waals surface area contributed by atoms with Gasteiger partial charge in [-0.1, -0.05) is 23.5 Å². The van der Waals surface area contributed by atoms with Crippen LogP contribution in [0.1, 0.15) is 9.67 Å². The van der Waals surface area contributed by atoms with E-state index in [2.05, 4.69) is 15.5 Å². The summed E-state index contributed by atoms with van der Waals surface area (Å²) in [5, 5.41) is 16.0. The average molecular weight is 293 g/mol. The zero-order chi connectivity index (χ0) is 12.4. The quantitative estimate of drug-likeness (QED) is 0.803. The molecule has 0 fully saturated rings. The van der Waals surface area contributed by atoms with Crippen LogP contribution in [0.15, 0.2) is 35.0 Å². The number of carbonyl (C=O) groups excluding carboxylic acids is 1. The maximum atomic E-state index is 11.8. The Morgan fingerprint density at radius 1 is 1.11 bits per heavy atom. The summed E-state index contributed by atoms with van der Waals surface area (Å²) in [6.07, 6.45) is 0. The molecule has 3 aromatic rings. The van der Waals surface area contributed by atoms with E-state index in [0.717, 1.165) is 9.88 Å². The van der Waals surface area contributed by atoms with Crippen LogP contribution in [0.2, 0.25) is 0 Å². The Kier molecular flexibility index (Phi) is 3.18. The highest BCUT2D eigenvalue weighted by Gasteiger charge is 2.12. The second kappa shape index (κ2) is 4.97. The number of hydrogen-bond acceptors (Lipinski definition) is 6. The monoisotopic (exact) mass is 293 g/mol. The molecule has 0 saturated carbocycles. The zero-order valence-electron chi connectivity index (χ0n) is 8.99. The van der Waals surface area contributed by atoms with Crippen LogP contribution < -0.4 is 5.32 Å². The number of rotatable bonds is 3. The van der Waals surface area contributed by atoms with Gasteiger partial charge in [-0.05, 0) is 22.9 Å². The number of anilines is 1. The highest BCUT2D eigenvalue weighted by Crippen LogP contribution is 2.29. The van der Waals surface area contributed by atoms with E-state index in [0.29, 0.717) is 10.0 Å². The zero-order valence-corrected chi connectivity index (χ0v) is 11.4. The summed E-state index contributed by atoms with van der Waals surface area (Å²) in [7, 11) is 0. The number of hydrogen-bond donors (Lipinski definition) is 1. The van der Waals surface area contributed by atoms with E-state index in [9.17, 15) is 4.79 Å². The van der Waals surface area contributed by atoms with E-state index in [-0.39, 0.29) is 5.91 Å². The third-order valence-corrected chi connectivity index (χ3v) is 4.87. The van der Waals surface area contributed by atoms with Gasteiger partial charge < -0.3 is 0 Å². The molecule has 0 aliphatic carbocycles. The van der Waals surface area contributed by atoms with Crippen LogP contribution in [0.25, 0.3) is 9.88 Å². The van der Waals surface area contributed by atoms with Gasteiger partial charge in [-0.25, -0.2) is 0 Å². The number of thiophene rings is 2. The predicted octanol–water partition coefficient (Wildman–Crippen LogP) is 3.58. The summed E-state index contributed by atoms with van der Waals surface area (Å²) >= 11 is 4.38. The molecule has 0 unspecified atom stereocenters. The van der Waals surface area contributed by atoms with E-state index in [1.165, 1.54) is 22.7 Å². The summed E-state index contributed by atoms with van der Waals surface area (Å²) in [6, 6.07) is 7.57. The highest BCUT2D eigenvalue weighted by atomic mass is 32.1. The maximum absolute atomic E-state index is 11.8. The largest absolute Gasteiger partial charge is 0.296 e. The standard InChI is InChI=1S/C11H7N3OS3/c15-9(7-3-1-5-16-7)12-11-14-13-10(18-11)8-4-2-6-17-8/h1-6H,(H,12,14,15). The van der Waals surface area contributed by atoms with Crippen molar-refractivity contribution < 1.29 is 4.79 Å². The van der Waals surface area contributed by atoms with Crippen molar-refractivity contribution >= 4 is 45.0 Å². The lowest BCUT2D eigenvalue weighted by atomic mass is 10.4. The lowest BCUT2D eigenvalue weighted by Gasteiger charge is -1.96. The van der Waals surface area contributed by atoms with Gasteiger partial charge in [-0.15, -0.1) is 32.9 Å².